The maximum atomic E-state index is 12.7. The van der Waals surface area contributed by atoms with Gasteiger partial charge in [0.1, 0.15) is 5.52 Å². The van der Waals surface area contributed by atoms with Crippen LogP contribution < -0.4 is 5.32 Å². The highest BCUT2D eigenvalue weighted by Crippen LogP contribution is 2.40. The highest BCUT2D eigenvalue weighted by molar-refractivity contribution is 7.92. The van der Waals surface area contributed by atoms with E-state index in [2.05, 4.69) is 10.3 Å². The fourth-order valence-electron chi connectivity index (χ4n) is 2.88. The molecule has 1 aliphatic carbocycles. The van der Waals surface area contributed by atoms with E-state index in [-0.39, 0.29) is 10.5 Å². The molecule has 0 unspecified atom stereocenters. The Balaban J connectivity index is 1.64. The fraction of sp³-hybridized carbons (Fsp3) is 0.300. The number of oxazole rings is 1. The number of carbonyl (C=O) groups is 1. The van der Waals surface area contributed by atoms with Gasteiger partial charge in [0.05, 0.1) is 15.7 Å². The molecule has 2 aromatic carbocycles. The van der Waals surface area contributed by atoms with Crippen molar-refractivity contribution < 1.29 is 17.6 Å². The molecule has 1 saturated carbocycles. The third-order valence-electron chi connectivity index (χ3n) is 4.65. The van der Waals surface area contributed by atoms with Gasteiger partial charge in [-0.2, -0.15) is 0 Å². The van der Waals surface area contributed by atoms with E-state index in [1.165, 1.54) is 12.1 Å². The van der Waals surface area contributed by atoms with Crippen molar-refractivity contribution in [1.29, 1.82) is 0 Å². The molecule has 0 spiro atoms. The van der Waals surface area contributed by atoms with Gasteiger partial charge in [-0.1, -0.05) is 12.1 Å². The molecule has 1 aromatic heterocycles. The Morgan fingerprint density at radius 2 is 1.93 bits per heavy atom. The van der Waals surface area contributed by atoms with Crippen LogP contribution in [0.1, 0.15) is 48.9 Å². The minimum atomic E-state index is -3.57. The van der Waals surface area contributed by atoms with E-state index in [1.807, 2.05) is 0 Å². The third kappa shape index (κ3) is 3.35. The molecule has 0 atom stereocenters. The lowest BCUT2D eigenvalue weighted by atomic mass is 10.2. The SMILES string of the molecule is CC(C)S(=O)(=O)c1ccccc1C(=O)Nc1ccc2oc(C3CC3)nc2c1. The van der Waals surface area contributed by atoms with E-state index in [0.29, 0.717) is 22.7 Å². The molecule has 0 saturated heterocycles. The summed E-state index contributed by atoms with van der Waals surface area (Å²) in [5, 5.41) is 2.16. The van der Waals surface area contributed by atoms with Crippen molar-refractivity contribution in [2.75, 3.05) is 5.32 Å². The molecular weight excluding hydrogens is 364 g/mol. The number of nitrogens with zero attached hydrogens (tertiary/aromatic N) is 1. The second-order valence-corrected chi connectivity index (χ2v) is 9.53. The van der Waals surface area contributed by atoms with Crippen molar-refractivity contribution in [3.05, 3.63) is 53.9 Å². The van der Waals surface area contributed by atoms with Crippen molar-refractivity contribution in [1.82, 2.24) is 4.98 Å². The van der Waals surface area contributed by atoms with Gasteiger partial charge in [0.2, 0.25) is 0 Å². The molecule has 1 heterocycles. The number of fused-ring (bicyclic) bond motifs is 1. The predicted octanol–water partition coefficient (Wildman–Crippen LogP) is 4.14. The number of nitrogens with one attached hydrogen (secondary N) is 1. The molecule has 7 heteroatoms. The van der Waals surface area contributed by atoms with E-state index < -0.39 is 21.0 Å². The van der Waals surface area contributed by atoms with Crippen LogP contribution in [0.2, 0.25) is 0 Å². The molecular formula is C20H20N2O4S. The smallest absolute Gasteiger partial charge is 0.256 e. The van der Waals surface area contributed by atoms with Gasteiger partial charge < -0.3 is 9.73 Å². The van der Waals surface area contributed by atoms with E-state index >= 15 is 0 Å². The lowest BCUT2D eigenvalue weighted by molar-refractivity contribution is 0.102. The summed E-state index contributed by atoms with van der Waals surface area (Å²) >= 11 is 0. The maximum absolute atomic E-state index is 12.7. The molecule has 1 amide bonds. The van der Waals surface area contributed by atoms with Gasteiger partial charge in [0.15, 0.2) is 21.3 Å². The summed E-state index contributed by atoms with van der Waals surface area (Å²) in [6, 6.07) is 11.5. The number of hydrogen-bond donors (Lipinski definition) is 1. The Labute approximate surface area is 157 Å². The highest BCUT2D eigenvalue weighted by atomic mass is 32.2. The van der Waals surface area contributed by atoms with Gasteiger partial charge in [-0.05, 0) is 57.0 Å². The Morgan fingerprint density at radius 3 is 2.63 bits per heavy atom. The van der Waals surface area contributed by atoms with Crippen LogP contribution in [0.15, 0.2) is 51.8 Å². The van der Waals surface area contributed by atoms with Crippen LogP contribution in [0.25, 0.3) is 11.1 Å². The normalized spacial score (nSPS) is 14.6. The summed E-state index contributed by atoms with van der Waals surface area (Å²) in [6.45, 7) is 3.19. The van der Waals surface area contributed by atoms with E-state index in [4.69, 9.17) is 4.42 Å². The molecule has 1 N–H and O–H groups in total. The zero-order chi connectivity index (χ0) is 19.2. The van der Waals surface area contributed by atoms with Crippen molar-refractivity contribution in [2.45, 2.75) is 42.8 Å². The number of benzene rings is 2. The monoisotopic (exact) mass is 384 g/mol. The third-order valence-corrected chi connectivity index (χ3v) is 6.86. The van der Waals surface area contributed by atoms with Gasteiger partial charge in [0, 0.05) is 11.6 Å². The Bertz CT molecular complexity index is 1130. The lowest BCUT2D eigenvalue weighted by Crippen LogP contribution is -2.20. The van der Waals surface area contributed by atoms with Gasteiger partial charge in [-0.15, -0.1) is 0 Å². The van der Waals surface area contributed by atoms with Crippen molar-refractivity contribution in [3.8, 4) is 0 Å². The second kappa shape index (κ2) is 6.49. The first-order valence-electron chi connectivity index (χ1n) is 8.91. The molecule has 6 nitrogen and oxygen atoms in total. The summed E-state index contributed by atoms with van der Waals surface area (Å²) in [6.07, 6.45) is 2.19. The average molecular weight is 384 g/mol. The van der Waals surface area contributed by atoms with Gasteiger partial charge >= 0.3 is 0 Å². The largest absolute Gasteiger partial charge is 0.440 e. The van der Waals surface area contributed by atoms with Crippen LogP contribution in [0.4, 0.5) is 5.69 Å². The molecule has 0 radical (unpaired) electrons. The second-order valence-electron chi connectivity index (χ2n) is 7.05. The minimum absolute atomic E-state index is 0.0380. The van der Waals surface area contributed by atoms with E-state index in [0.717, 1.165) is 18.7 Å². The summed E-state index contributed by atoms with van der Waals surface area (Å²) < 4.78 is 30.8. The lowest BCUT2D eigenvalue weighted by Gasteiger charge is -2.13. The number of carbonyl (C=O) groups excluding carboxylic acids is 1. The van der Waals surface area contributed by atoms with Gasteiger partial charge in [0.25, 0.3) is 5.91 Å². The van der Waals surface area contributed by atoms with Gasteiger partial charge in [-0.3, -0.25) is 4.79 Å². The summed E-state index contributed by atoms with van der Waals surface area (Å²) in [4.78, 5) is 17.3. The topological polar surface area (TPSA) is 89.3 Å². The molecule has 0 bridgehead atoms. The molecule has 0 aliphatic heterocycles. The molecule has 1 fully saturated rings. The number of anilines is 1. The quantitative estimate of drug-likeness (QED) is 0.714. The van der Waals surface area contributed by atoms with Crippen LogP contribution in [0.5, 0.6) is 0 Å². The first kappa shape index (κ1) is 17.7. The minimum Gasteiger partial charge on any atom is -0.440 e. The fourth-order valence-corrected chi connectivity index (χ4v) is 4.13. The molecule has 27 heavy (non-hydrogen) atoms. The summed E-state index contributed by atoms with van der Waals surface area (Å²) in [5.41, 5.74) is 2.03. The van der Waals surface area contributed by atoms with Crippen LogP contribution in [0.3, 0.4) is 0 Å². The van der Waals surface area contributed by atoms with Crippen molar-refractivity contribution >= 4 is 32.5 Å². The Morgan fingerprint density at radius 1 is 1.19 bits per heavy atom. The Kier molecular flexibility index (Phi) is 4.26. The molecule has 4 rings (SSSR count). The van der Waals surface area contributed by atoms with E-state index in [1.54, 1.807) is 44.2 Å². The number of rotatable bonds is 5. The van der Waals surface area contributed by atoms with Crippen LogP contribution >= 0.6 is 0 Å². The van der Waals surface area contributed by atoms with Crippen LogP contribution in [0, 0.1) is 0 Å². The maximum Gasteiger partial charge on any atom is 0.256 e. The Hall–Kier alpha value is -2.67. The zero-order valence-electron chi connectivity index (χ0n) is 15.1. The van der Waals surface area contributed by atoms with Crippen LogP contribution in [-0.4, -0.2) is 24.6 Å². The summed E-state index contributed by atoms with van der Waals surface area (Å²) in [7, 11) is -3.57. The predicted molar refractivity (Wildman–Crippen MR) is 103 cm³/mol. The molecule has 140 valence electrons. The van der Waals surface area contributed by atoms with E-state index in [9.17, 15) is 13.2 Å². The van der Waals surface area contributed by atoms with Gasteiger partial charge in [-0.25, -0.2) is 13.4 Å². The number of amides is 1. The first-order chi connectivity index (χ1) is 12.9. The first-order valence-corrected chi connectivity index (χ1v) is 10.5. The highest BCUT2D eigenvalue weighted by Gasteiger charge is 2.29. The molecule has 1 aliphatic rings. The number of sulfone groups is 1. The number of aromatic nitrogens is 1. The summed E-state index contributed by atoms with van der Waals surface area (Å²) in [5.74, 6) is 0.672. The van der Waals surface area contributed by atoms with Crippen LogP contribution in [-0.2, 0) is 9.84 Å². The average Bonchev–Trinajstić information content (AvgIpc) is 3.41. The van der Waals surface area contributed by atoms with Crippen molar-refractivity contribution in [2.24, 2.45) is 0 Å². The number of hydrogen-bond acceptors (Lipinski definition) is 5. The van der Waals surface area contributed by atoms with Crippen molar-refractivity contribution in [3.63, 3.8) is 0 Å². The molecule has 3 aromatic rings. The zero-order valence-corrected chi connectivity index (χ0v) is 15.9. The standard InChI is InChI=1S/C20H20N2O4S/c1-12(2)27(24,25)18-6-4-3-5-15(18)19(23)21-14-9-10-17-16(11-14)22-20(26-17)13-7-8-13/h3-6,9-13H,7-8H2,1-2H3,(H,21,23).